The van der Waals surface area contributed by atoms with Crippen molar-refractivity contribution in [3.8, 4) is 0 Å². The minimum absolute atomic E-state index is 0.133. The number of nitrogens with two attached hydrogens (primary N) is 1. The van der Waals surface area contributed by atoms with Crippen molar-refractivity contribution < 1.29 is 4.92 Å². The third-order valence-electron chi connectivity index (χ3n) is 1.73. The van der Waals surface area contributed by atoms with Crippen LogP contribution in [0.15, 0.2) is 17.0 Å². The van der Waals surface area contributed by atoms with Crippen LogP contribution >= 0.6 is 11.3 Å². The van der Waals surface area contributed by atoms with E-state index in [0.29, 0.717) is 10.9 Å². The van der Waals surface area contributed by atoms with Gasteiger partial charge in [-0.05, 0) is 0 Å². The third-order valence-corrected chi connectivity index (χ3v) is 2.46. The van der Waals surface area contributed by atoms with Gasteiger partial charge in [-0.15, -0.1) is 11.3 Å². The quantitative estimate of drug-likeness (QED) is 0.555. The molecule has 2 aromatic heterocycles. The zero-order valence-electron chi connectivity index (χ0n) is 6.43. The summed E-state index contributed by atoms with van der Waals surface area (Å²) in [4.78, 5) is 13.9. The molecule has 2 rings (SSSR count). The molecule has 0 radical (unpaired) electrons. The Bertz CT molecular complexity index is 480. The second-order valence-corrected chi connectivity index (χ2v) is 3.23. The van der Waals surface area contributed by atoms with Crippen LogP contribution in [0.25, 0.3) is 10.9 Å². The van der Waals surface area contributed by atoms with Gasteiger partial charge in [0.25, 0.3) is 0 Å². The van der Waals surface area contributed by atoms with E-state index in [2.05, 4.69) is 4.98 Å². The van der Waals surface area contributed by atoms with Gasteiger partial charge in [-0.3, -0.25) is 10.1 Å². The lowest BCUT2D eigenvalue weighted by atomic mass is 10.2. The van der Waals surface area contributed by atoms with E-state index in [1.807, 2.05) is 0 Å². The van der Waals surface area contributed by atoms with Gasteiger partial charge in [-0.1, -0.05) is 0 Å². The van der Waals surface area contributed by atoms with Gasteiger partial charge in [-0.2, -0.15) is 0 Å². The van der Waals surface area contributed by atoms with Gasteiger partial charge in [-0.25, -0.2) is 4.98 Å². The molecule has 66 valence electrons. The van der Waals surface area contributed by atoms with E-state index in [9.17, 15) is 10.1 Å². The van der Waals surface area contributed by atoms with Crippen molar-refractivity contribution in [3.05, 3.63) is 27.1 Å². The Morgan fingerprint density at radius 1 is 1.54 bits per heavy atom. The zero-order chi connectivity index (χ0) is 9.42. The molecule has 0 amide bonds. The summed E-state index contributed by atoms with van der Waals surface area (Å²) in [5, 5.41) is 14.7. The molecule has 2 heterocycles. The maximum Gasteiger partial charge on any atom is 0.310 e. The molecule has 2 aromatic rings. The predicted octanol–water partition coefficient (Wildman–Crippen LogP) is 1.79. The number of hydrogen-bond acceptors (Lipinski definition) is 5. The molecule has 6 heteroatoms. The van der Waals surface area contributed by atoms with Gasteiger partial charge >= 0.3 is 5.69 Å². The van der Waals surface area contributed by atoms with Gasteiger partial charge in [0.05, 0.1) is 10.4 Å². The predicted molar refractivity (Wildman–Crippen MR) is 50.7 cm³/mol. The molecule has 0 bridgehead atoms. The molecule has 0 saturated heterocycles. The summed E-state index contributed by atoms with van der Waals surface area (Å²) in [6.07, 6.45) is 1.18. The molecular weight excluding hydrogens is 190 g/mol. The van der Waals surface area contributed by atoms with Gasteiger partial charge in [0.1, 0.15) is 11.9 Å². The van der Waals surface area contributed by atoms with Crippen molar-refractivity contribution in [2.75, 3.05) is 5.73 Å². The number of fused-ring (bicyclic) bond motifs is 1. The third kappa shape index (κ3) is 1.11. The first-order chi connectivity index (χ1) is 6.20. The van der Waals surface area contributed by atoms with E-state index in [-0.39, 0.29) is 11.4 Å². The summed E-state index contributed by atoms with van der Waals surface area (Å²) in [6, 6.07) is 0. The fraction of sp³-hybridized carbons (Fsp3) is 0. The smallest absolute Gasteiger partial charge is 0.310 e. The summed E-state index contributed by atoms with van der Waals surface area (Å²) in [5.41, 5.74) is 6.35. The second kappa shape index (κ2) is 2.67. The van der Waals surface area contributed by atoms with Crippen molar-refractivity contribution in [1.82, 2.24) is 4.98 Å². The summed E-state index contributed by atoms with van der Waals surface area (Å²) < 4.78 is 0. The summed E-state index contributed by atoms with van der Waals surface area (Å²) in [7, 11) is 0. The number of nitro groups is 1. The van der Waals surface area contributed by atoms with Crippen LogP contribution < -0.4 is 5.73 Å². The maximum absolute atomic E-state index is 10.5. The molecule has 0 unspecified atom stereocenters. The molecule has 0 aromatic carbocycles. The first-order valence-electron chi connectivity index (χ1n) is 3.45. The lowest BCUT2D eigenvalue weighted by Gasteiger charge is -1.96. The number of anilines is 1. The van der Waals surface area contributed by atoms with Crippen LogP contribution in [-0.2, 0) is 0 Å². The summed E-state index contributed by atoms with van der Waals surface area (Å²) >= 11 is 1.42. The van der Waals surface area contributed by atoms with Crippen LogP contribution in [0, 0.1) is 10.1 Å². The van der Waals surface area contributed by atoms with E-state index in [1.165, 1.54) is 17.5 Å². The molecule has 0 aliphatic rings. The van der Waals surface area contributed by atoms with E-state index >= 15 is 0 Å². The minimum atomic E-state index is -0.528. The average Bonchev–Trinajstić information content (AvgIpc) is 2.52. The lowest BCUT2D eigenvalue weighted by Crippen LogP contribution is -1.96. The molecule has 5 nitrogen and oxygen atoms in total. The number of nitrogen functional groups attached to an aromatic ring is 1. The van der Waals surface area contributed by atoms with E-state index in [4.69, 9.17) is 5.73 Å². The van der Waals surface area contributed by atoms with Crippen molar-refractivity contribution in [2.24, 2.45) is 0 Å². The molecule has 0 aliphatic carbocycles. The average molecular weight is 195 g/mol. The molecular formula is C7H5N3O2S. The highest BCUT2D eigenvalue weighted by molar-refractivity contribution is 7.09. The van der Waals surface area contributed by atoms with Crippen molar-refractivity contribution in [3.63, 3.8) is 0 Å². The largest absolute Gasteiger partial charge is 0.393 e. The summed E-state index contributed by atoms with van der Waals surface area (Å²) in [6.45, 7) is 0. The molecule has 13 heavy (non-hydrogen) atoms. The molecule has 0 spiro atoms. The number of hydrogen-bond donors (Lipinski definition) is 1. The van der Waals surface area contributed by atoms with Crippen LogP contribution in [0.3, 0.4) is 0 Å². The van der Waals surface area contributed by atoms with Gasteiger partial charge in [0, 0.05) is 16.1 Å². The van der Waals surface area contributed by atoms with Crippen LogP contribution in [0.1, 0.15) is 0 Å². The first kappa shape index (κ1) is 7.93. The maximum atomic E-state index is 10.5. The molecule has 0 saturated carbocycles. The number of nitrogens with zero attached hydrogens (tertiary/aromatic N) is 2. The lowest BCUT2D eigenvalue weighted by molar-refractivity contribution is -0.384. The minimum Gasteiger partial charge on any atom is -0.393 e. The molecule has 2 N–H and O–H groups in total. The Hall–Kier alpha value is -1.69. The van der Waals surface area contributed by atoms with Crippen LogP contribution in [0.2, 0.25) is 0 Å². The second-order valence-electron chi connectivity index (χ2n) is 2.48. The Balaban J connectivity index is 2.80. The fourth-order valence-electron chi connectivity index (χ4n) is 1.08. The monoisotopic (exact) mass is 195 g/mol. The highest BCUT2D eigenvalue weighted by atomic mass is 32.1. The van der Waals surface area contributed by atoms with Crippen molar-refractivity contribution in [1.29, 1.82) is 0 Å². The summed E-state index contributed by atoms with van der Waals surface area (Å²) in [5.74, 6) is 0. The van der Waals surface area contributed by atoms with Gasteiger partial charge < -0.3 is 5.73 Å². The van der Waals surface area contributed by atoms with Gasteiger partial charge in [0.15, 0.2) is 0 Å². The van der Waals surface area contributed by atoms with Gasteiger partial charge in [0.2, 0.25) is 0 Å². The number of aromatic nitrogens is 1. The topological polar surface area (TPSA) is 82.0 Å². The van der Waals surface area contributed by atoms with E-state index in [1.54, 1.807) is 10.8 Å². The number of pyridine rings is 1. The zero-order valence-corrected chi connectivity index (χ0v) is 7.25. The highest BCUT2D eigenvalue weighted by Gasteiger charge is 2.14. The standard InChI is InChI=1S/C7H5N3O2S/c8-7-4-2-13-3-5(4)9-1-6(7)10(11)12/h1-3H,8H2. The Kier molecular flexibility index (Phi) is 1.63. The highest BCUT2D eigenvalue weighted by Crippen LogP contribution is 2.30. The Labute approximate surface area is 77.0 Å². The SMILES string of the molecule is Nc1c([N+](=O)[O-])cnc2cscc12. The number of thiophene rings is 1. The Morgan fingerprint density at radius 3 is 3.00 bits per heavy atom. The van der Waals surface area contributed by atoms with E-state index < -0.39 is 4.92 Å². The molecule has 0 atom stereocenters. The van der Waals surface area contributed by atoms with Crippen molar-refractivity contribution in [2.45, 2.75) is 0 Å². The van der Waals surface area contributed by atoms with Crippen LogP contribution in [0.5, 0.6) is 0 Å². The fourth-order valence-corrected chi connectivity index (χ4v) is 1.84. The normalized spacial score (nSPS) is 10.5. The van der Waals surface area contributed by atoms with Crippen molar-refractivity contribution >= 4 is 33.6 Å². The molecule has 0 fully saturated rings. The van der Waals surface area contributed by atoms with Crippen LogP contribution in [-0.4, -0.2) is 9.91 Å². The van der Waals surface area contributed by atoms with Crippen LogP contribution in [0.4, 0.5) is 11.4 Å². The molecule has 0 aliphatic heterocycles. The number of rotatable bonds is 1. The first-order valence-corrected chi connectivity index (χ1v) is 4.39. The Morgan fingerprint density at radius 2 is 2.31 bits per heavy atom. The van der Waals surface area contributed by atoms with E-state index in [0.717, 1.165) is 0 Å².